The molecule has 2 saturated heterocycles. The van der Waals surface area contributed by atoms with Crippen LogP contribution in [0.3, 0.4) is 0 Å². The van der Waals surface area contributed by atoms with E-state index >= 15 is 0 Å². The van der Waals surface area contributed by atoms with Gasteiger partial charge in [-0.15, -0.1) is 0 Å². The van der Waals surface area contributed by atoms with E-state index in [1.165, 1.54) is 25.1 Å². The molecule has 0 radical (unpaired) electrons. The summed E-state index contributed by atoms with van der Waals surface area (Å²) in [5, 5.41) is 0. The van der Waals surface area contributed by atoms with Crippen LogP contribution in [0.2, 0.25) is 0 Å². The summed E-state index contributed by atoms with van der Waals surface area (Å²) in [5.41, 5.74) is 1.25. The highest BCUT2D eigenvalue weighted by Crippen LogP contribution is 2.29. The summed E-state index contributed by atoms with van der Waals surface area (Å²) in [6, 6.07) is 0. The highest BCUT2D eigenvalue weighted by Gasteiger charge is 2.29. The number of nitrogens with zero attached hydrogens (tertiary/aromatic N) is 1. The summed E-state index contributed by atoms with van der Waals surface area (Å²) < 4.78 is 4.90. The van der Waals surface area contributed by atoms with E-state index in [0.717, 1.165) is 18.9 Å². The lowest BCUT2D eigenvalue weighted by molar-refractivity contribution is -0.137. The van der Waals surface area contributed by atoms with E-state index in [4.69, 9.17) is 4.74 Å². The predicted molar refractivity (Wildman–Crippen MR) is 53.9 cm³/mol. The van der Waals surface area contributed by atoms with E-state index in [2.05, 4.69) is 4.90 Å². The van der Waals surface area contributed by atoms with Crippen LogP contribution >= 0.6 is 0 Å². The van der Waals surface area contributed by atoms with Crippen molar-refractivity contribution in [2.75, 3.05) is 26.2 Å². The first kappa shape index (κ1) is 9.71. The number of carbonyl (C=O) groups excluding carboxylic acids is 1. The van der Waals surface area contributed by atoms with Gasteiger partial charge in [0.2, 0.25) is 0 Å². The van der Waals surface area contributed by atoms with Gasteiger partial charge >= 0.3 is 5.97 Å². The van der Waals surface area contributed by atoms with Gasteiger partial charge in [-0.25, -0.2) is 4.79 Å². The molecule has 3 heteroatoms. The number of carbonyl (C=O) groups is 1. The molecule has 2 rings (SSSR count). The van der Waals surface area contributed by atoms with E-state index in [0.29, 0.717) is 6.61 Å². The molecule has 14 heavy (non-hydrogen) atoms. The van der Waals surface area contributed by atoms with Gasteiger partial charge in [-0.2, -0.15) is 0 Å². The van der Waals surface area contributed by atoms with Crippen molar-refractivity contribution >= 4 is 5.97 Å². The molecule has 0 spiro atoms. The van der Waals surface area contributed by atoms with Crippen LogP contribution in [0.4, 0.5) is 0 Å². The molecule has 3 nitrogen and oxygen atoms in total. The standard InChI is InChI=1S/C11H17NO2/c1-2-14-11(13)6-10-5-9-3-4-12(7-9)8-10/h6,9H,2-5,7-8H2,1H3/b10-6+. The topological polar surface area (TPSA) is 29.5 Å². The lowest BCUT2D eigenvalue weighted by Gasteiger charge is -2.24. The summed E-state index contributed by atoms with van der Waals surface area (Å²) in [4.78, 5) is 13.6. The normalized spacial score (nSPS) is 33.4. The second-order valence-corrected chi connectivity index (χ2v) is 4.15. The van der Waals surface area contributed by atoms with Crippen LogP contribution < -0.4 is 0 Å². The van der Waals surface area contributed by atoms with Crippen molar-refractivity contribution in [1.82, 2.24) is 4.90 Å². The molecule has 2 heterocycles. The lowest BCUT2D eigenvalue weighted by Crippen LogP contribution is -2.28. The summed E-state index contributed by atoms with van der Waals surface area (Å²) in [7, 11) is 0. The number of esters is 1. The Labute approximate surface area is 84.7 Å². The predicted octanol–water partition coefficient (Wildman–Crippen LogP) is 1.20. The molecule has 2 fully saturated rings. The maximum absolute atomic E-state index is 11.2. The van der Waals surface area contributed by atoms with Crippen LogP contribution in [-0.2, 0) is 9.53 Å². The van der Waals surface area contributed by atoms with Crippen LogP contribution in [0.25, 0.3) is 0 Å². The summed E-state index contributed by atoms with van der Waals surface area (Å²) in [5.74, 6) is 0.606. The number of hydrogen-bond donors (Lipinski definition) is 0. The zero-order chi connectivity index (χ0) is 9.97. The van der Waals surface area contributed by atoms with Crippen molar-refractivity contribution in [3.05, 3.63) is 11.6 Å². The molecule has 78 valence electrons. The van der Waals surface area contributed by atoms with E-state index in [1.807, 2.05) is 6.92 Å². The molecule has 0 aliphatic carbocycles. The van der Waals surface area contributed by atoms with Gasteiger partial charge in [0.15, 0.2) is 0 Å². The van der Waals surface area contributed by atoms with Gasteiger partial charge in [0, 0.05) is 19.2 Å². The van der Waals surface area contributed by atoms with Crippen molar-refractivity contribution in [1.29, 1.82) is 0 Å². The Morgan fingerprint density at radius 2 is 2.57 bits per heavy atom. The van der Waals surface area contributed by atoms with Gasteiger partial charge in [-0.1, -0.05) is 0 Å². The van der Waals surface area contributed by atoms with Gasteiger partial charge in [-0.05, 0) is 37.8 Å². The molecule has 2 atom stereocenters. The van der Waals surface area contributed by atoms with Crippen molar-refractivity contribution in [3.8, 4) is 0 Å². The number of piperidine rings is 1. The molecule has 0 aromatic heterocycles. The summed E-state index contributed by atoms with van der Waals surface area (Å²) in [6.45, 7) is 5.69. The Hall–Kier alpha value is -0.830. The second-order valence-electron chi connectivity index (χ2n) is 4.15. The first-order valence-electron chi connectivity index (χ1n) is 5.36. The number of ether oxygens (including phenoxy) is 1. The van der Waals surface area contributed by atoms with Gasteiger partial charge in [-0.3, -0.25) is 4.90 Å². The third-order valence-electron chi connectivity index (χ3n) is 2.96. The smallest absolute Gasteiger partial charge is 0.330 e. The van der Waals surface area contributed by atoms with Crippen molar-refractivity contribution < 1.29 is 9.53 Å². The fourth-order valence-electron chi connectivity index (χ4n) is 2.40. The SMILES string of the molecule is CCOC(=O)/C=C1\CC2CCN(C1)C2. The van der Waals surface area contributed by atoms with Gasteiger partial charge < -0.3 is 4.74 Å². The zero-order valence-electron chi connectivity index (χ0n) is 8.66. The van der Waals surface area contributed by atoms with Crippen LogP contribution in [0.15, 0.2) is 11.6 Å². The minimum absolute atomic E-state index is 0.176. The largest absolute Gasteiger partial charge is 0.463 e. The summed E-state index contributed by atoms with van der Waals surface area (Å²) in [6.07, 6.45) is 4.07. The third-order valence-corrected chi connectivity index (χ3v) is 2.96. The average molecular weight is 195 g/mol. The first-order chi connectivity index (χ1) is 6.78. The van der Waals surface area contributed by atoms with Crippen LogP contribution in [0.5, 0.6) is 0 Å². The average Bonchev–Trinajstić information content (AvgIpc) is 2.46. The first-order valence-corrected chi connectivity index (χ1v) is 5.36. The second kappa shape index (κ2) is 4.13. The molecule has 2 aliphatic heterocycles. The maximum atomic E-state index is 11.2. The van der Waals surface area contributed by atoms with Crippen LogP contribution in [-0.4, -0.2) is 37.1 Å². The zero-order valence-corrected chi connectivity index (χ0v) is 8.66. The Morgan fingerprint density at radius 1 is 1.71 bits per heavy atom. The molecule has 2 aliphatic rings. The van der Waals surface area contributed by atoms with Crippen LogP contribution in [0, 0.1) is 5.92 Å². The van der Waals surface area contributed by atoms with Crippen molar-refractivity contribution in [2.24, 2.45) is 5.92 Å². The Kier molecular flexibility index (Phi) is 2.87. The van der Waals surface area contributed by atoms with Crippen molar-refractivity contribution in [3.63, 3.8) is 0 Å². The Bertz CT molecular complexity index is 246. The minimum Gasteiger partial charge on any atom is -0.463 e. The molecular weight excluding hydrogens is 178 g/mol. The molecular formula is C11H17NO2. The van der Waals surface area contributed by atoms with E-state index in [9.17, 15) is 4.79 Å². The van der Waals surface area contributed by atoms with E-state index in [1.54, 1.807) is 6.08 Å². The third kappa shape index (κ3) is 2.15. The van der Waals surface area contributed by atoms with Gasteiger partial charge in [0.25, 0.3) is 0 Å². The Balaban J connectivity index is 1.95. The Morgan fingerprint density at radius 3 is 3.29 bits per heavy atom. The molecule has 0 N–H and O–H groups in total. The highest BCUT2D eigenvalue weighted by atomic mass is 16.5. The number of rotatable bonds is 2. The minimum atomic E-state index is -0.176. The lowest BCUT2D eigenvalue weighted by atomic mass is 9.96. The number of hydrogen-bond acceptors (Lipinski definition) is 3. The molecule has 2 unspecified atom stereocenters. The molecule has 2 bridgehead atoms. The maximum Gasteiger partial charge on any atom is 0.330 e. The van der Waals surface area contributed by atoms with E-state index in [-0.39, 0.29) is 5.97 Å². The molecule has 0 saturated carbocycles. The van der Waals surface area contributed by atoms with E-state index < -0.39 is 0 Å². The quantitative estimate of drug-likeness (QED) is 0.490. The molecule has 0 aromatic carbocycles. The fraction of sp³-hybridized carbons (Fsp3) is 0.727. The van der Waals surface area contributed by atoms with Crippen molar-refractivity contribution in [2.45, 2.75) is 19.8 Å². The van der Waals surface area contributed by atoms with Crippen LogP contribution in [0.1, 0.15) is 19.8 Å². The van der Waals surface area contributed by atoms with Gasteiger partial charge in [0.05, 0.1) is 6.61 Å². The van der Waals surface area contributed by atoms with Gasteiger partial charge in [0.1, 0.15) is 0 Å². The fourth-order valence-corrected chi connectivity index (χ4v) is 2.40. The highest BCUT2D eigenvalue weighted by molar-refractivity contribution is 5.82. The molecule has 0 aromatic rings. The monoisotopic (exact) mass is 195 g/mol. The summed E-state index contributed by atoms with van der Waals surface area (Å²) >= 11 is 0. The molecule has 0 amide bonds. The number of fused-ring (bicyclic) bond motifs is 2.